The summed E-state index contributed by atoms with van der Waals surface area (Å²) in [6, 6.07) is 9.66. The number of hydrogen-bond donors (Lipinski definition) is 2. The molecular weight excluding hydrogens is 284 g/mol. The van der Waals surface area contributed by atoms with Crippen molar-refractivity contribution in [1.29, 1.82) is 0 Å². The highest BCUT2D eigenvalue weighted by Crippen LogP contribution is 2.35. The minimum absolute atomic E-state index is 0.125. The van der Waals surface area contributed by atoms with Gasteiger partial charge in [0.1, 0.15) is 10.6 Å². The molecule has 3 rings (SSSR count). The third-order valence-corrected chi connectivity index (χ3v) is 4.75. The maximum atomic E-state index is 12.3. The van der Waals surface area contributed by atoms with Crippen LogP contribution in [0.25, 0.3) is 10.1 Å². The van der Waals surface area contributed by atoms with Gasteiger partial charge in [-0.25, -0.2) is 0 Å². The van der Waals surface area contributed by atoms with E-state index in [1.165, 1.54) is 11.3 Å². The van der Waals surface area contributed by atoms with E-state index in [-0.39, 0.29) is 5.91 Å². The Morgan fingerprint density at radius 2 is 2.19 bits per heavy atom. The van der Waals surface area contributed by atoms with Gasteiger partial charge in [0.15, 0.2) is 0 Å². The van der Waals surface area contributed by atoms with Gasteiger partial charge in [0, 0.05) is 23.1 Å². The quantitative estimate of drug-likeness (QED) is 0.776. The molecule has 0 aliphatic carbocycles. The van der Waals surface area contributed by atoms with Crippen LogP contribution in [0.5, 0.6) is 0 Å². The van der Waals surface area contributed by atoms with Crippen molar-refractivity contribution in [2.75, 3.05) is 12.3 Å². The standard InChI is InChI=1S/C16H16N2O2S/c1-10-4-2-6-12-13(17)15(21-14(10)12)16(19)18-8-7-11-5-3-9-20-11/h2-6,9H,7-8,17H2,1H3,(H,18,19). The highest BCUT2D eigenvalue weighted by molar-refractivity contribution is 7.21. The maximum Gasteiger partial charge on any atom is 0.263 e. The maximum absolute atomic E-state index is 12.3. The van der Waals surface area contributed by atoms with Crippen molar-refractivity contribution in [3.05, 3.63) is 52.8 Å². The minimum atomic E-state index is -0.125. The van der Waals surface area contributed by atoms with Crippen LogP contribution in [0.2, 0.25) is 0 Å². The molecule has 0 aliphatic rings. The van der Waals surface area contributed by atoms with Crippen LogP contribution >= 0.6 is 11.3 Å². The normalized spacial score (nSPS) is 10.9. The second kappa shape index (κ2) is 5.61. The second-order valence-corrected chi connectivity index (χ2v) is 5.90. The number of amides is 1. The van der Waals surface area contributed by atoms with Crippen LogP contribution < -0.4 is 11.1 Å². The number of nitrogens with one attached hydrogen (secondary N) is 1. The summed E-state index contributed by atoms with van der Waals surface area (Å²) in [5.74, 6) is 0.732. The van der Waals surface area contributed by atoms with Gasteiger partial charge < -0.3 is 15.5 Å². The Kier molecular flexibility index (Phi) is 3.66. The lowest BCUT2D eigenvalue weighted by Gasteiger charge is -2.02. The van der Waals surface area contributed by atoms with E-state index in [4.69, 9.17) is 10.2 Å². The van der Waals surface area contributed by atoms with E-state index in [0.717, 1.165) is 21.4 Å². The van der Waals surface area contributed by atoms with Gasteiger partial charge in [0.25, 0.3) is 5.91 Å². The zero-order chi connectivity index (χ0) is 14.8. The molecule has 0 bridgehead atoms. The predicted octanol–water partition coefficient (Wildman–Crippen LogP) is 3.36. The van der Waals surface area contributed by atoms with Crippen LogP contribution in [-0.4, -0.2) is 12.5 Å². The molecular formula is C16H16N2O2S. The van der Waals surface area contributed by atoms with Gasteiger partial charge in [0.05, 0.1) is 12.0 Å². The van der Waals surface area contributed by atoms with Crippen LogP contribution in [-0.2, 0) is 6.42 Å². The van der Waals surface area contributed by atoms with E-state index in [9.17, 15) is 4.79 Å². The van der Waals surface area contributed by atoms with E-state index < -0.39 is 0 Å². The van der Waals surface area contributed by atoms with E-state index in [1.807, 2.05) is 37.3 Å². The SMILES string of the molecule is Cc1cccc2c(N)c(C(=O)NCCc3ccco3)sc12. The van der Waals surface area contributed by atoms with Crippen LogP contribution in [0, 0.1) is 6.92 Å². The Morgan fingerprint density at radius 1 is 1.33 bits per heavy atom. The van der Waals surface area contributed by atoms with E-state index in [2.05, 4.69) is 5.32 Å². The molecule has 5 heteroatoms. The van der Waals surface area contributed by atoms with Gasteiger partial charge >= 0.3 is 0 Å². The van der Waals surface area contributed by atoms with Crippen molar-refractivity contribution in [3.63, 3.8) is 0 Å². The number of carbonyl (C=O) groups is 1. The highest BCUT2D eigenvalue weighted by Gasteiger charge is 2.16. The molecule has 108 valence electrons. The van der Waals surface area contributed by atoms with E-state index in [1.54, 1.807) is 6.26 Å². The number of nitrogen functional groups attached to an aromatic ring is 1. The molecule has 1 aromatic carbocycles. The number of anilines is 1. The van der Waals surface area contributed by atoms with Crippen LogP contribution in [0.4, 0.5) is 5.69 Å². The summed E-state index contributed by atoms with van der Waals surface area (Å²) in [6.45, 7) is 2.55. The molecule has 4 nitrogen and oxygen atoms in total. The first-order valence-electron chi connectivity index (χ1n) is 6.75. The molecule has 21 heavy (non-hydrogen) atoms. The van der Waals surface area contributed by atoms with Gasteiger partial charge in [-0.05, 0) is 24.6 Å². The molecule has 0 atom stereocenters. The fourth-order valence-electron chi connectivity index (χ4n) is 2.28. The Morgan fingerprint density at radius 3 is 2.90 bits per heavy atom. The molecule has 0 spiro atoms. The zero-order valence-corrected chi connectivity index (χ0v) is 12.5. The molecule has 3 aromatic rings. The fourth-order valence-corrected chi connectivity index (χ4v) is 3.39. The number of nitrogens with two attached hydrogens (primary N) is 1. The molecule has 0 fully saturated rings. The summed E-state index contributed by atoms with van der Waals surface area (Å²) in [5.41, 5.74) is 7.81. The Hall–Kier alpha value is -2.27. The van der Waals surface area contributed by atoms with Gasteiger partial charge in [-0.2, -0.15) is 0 Å². The largest absolute Gasteiger partial charge is 0.469 e. The van der Waals surface area contributed by atoms with Gasteiger partial charge in [0.2, 0.25) is 0 Å². The zero-order valence-electron chi connectivity index (χ0n) is 11.7. The topological polar surface area (TPSA) is 68.3 Å². The van der Waals surface area contributed by atoms with Crippen LogP contribution in [0.1, 0.15) is 21.0 Å². The smallest absolute Gasteiger partial charge is 0.263 e. The number of aryl methyl sites for hydroxylation is 1. The van der Waals surface area contributed by atoms with Crippen LogP contribution in [0.3, 0.4) is 0 Å². The van der Waals surface area contributed by atoms with Gasteiger partial charge in [-0.1, -0.05) is 18.2 Å². The van der Waals surface area contributed by atoms with Crippen molar-refractivity contribution in [1.82, 2.24) is 5.32 Å². The molecule has 0 aliphatic heterocycles. The van der Waals surface area contributed by atoms with Crippen molar-refractivity contribution < 1.29 is 9.21 Å². The summed E-state index contributed by atoms with van der Waals surface area (Å²) in [4.78, 5) is 12.8. The van der Waals surface area contributed by atoms with Crippen molar-refractivity contribution >= 4 is 33.0 Å². The van der Waals surface area contributed by atoms with Crippen molar-refractivity contribution in [2.45, 2.75) is 13.3 Å². The third kappa shape index (κ3) is 2.64. The van der Waals surface area contributed by atoms with Gasteiger partial charge in [-0.3, -0.25) is 4.79 Å². The number of hydrogen-bond acceptors (Lipinski definition) is 4. The second-order valence-electron chi connectivity index (χ2n) is 4.88. The number of thiophene rings is 1. The van der Waals surface area contributed by atoms with Crippen LogP contribution in [0.15, 0.2) is 41.0 Å². The Labute approximate surface area is 126 Å². The molecule has 0 unspecified atom stereocenters. The number of carbonyl (C=O) groups excluding carboxylic acids is 1. The fraction of sp³-hybridized carbons (Fsp3) is 0.188. The summed E-state index contributed by atoms with van der Waals surface area (Å²) in [6.07, 6.45) is 2.30. The van der Waals surface area contributed by atoms with E-state index >= 15 is 0 Å². The van der Waals surface area contributed by atoms with Crippen molar-refractivity contribution in [3.8, 4) is 0 Å². The first kappa shape index (κ1) is 13.7. The van der Waals surface area contributed by atoms with Crippen molar-refractivity contribution in [2.24, 2.45) is 0 Å². The highest BCUT2D eigenvalue weighted by atomic mass is 32.1. The lowest BCUT2D eigenvalue weighted by Crippen LogP contribution is -2.25. The molecule has 0 saturated heterocycles. The lowest BCUT2D eigenvalue weighted by atomic mass is 10.1. The molecule has 3 N–H and O–H groups in total. The number of rotatable bonds is 4. The molecule has 0 saturated carbocycles. The van der Waals surface area contributed by atoms with Gasteiger partial charge in [-0.15, -0.1) is 11.3 Å². The summed E-state index contributed by atoms with van der Waals surface area (Å²) in [7, 11) is 0. The average Bonchev–Trinajstić information content (AvgIpc) is 3.08. The summed E-state index contributed by atoms with van der Waals surface area (Å²) < 4.78 is 6.31. The number of furan rings is 1. The molecule has 0 radical (unpaired) electrons. The lowest BCUT2D eigenvalue weighted by molar-refractivity contribution is 0.0958. The summed E-state index contributed by atoms with van der Waals surface area (Å²) in [5, 5.41) is 3.84. The first-order chi connectivity index (χ1) is 10.2. The third-order valence-electron chi connectivity index (χ3n) is 3.39. The summed E-state index contributed by atoms with van der Waals surface area (Å²) >= 11 is 1.45. The number of benzene rings is 1. The Bertz CT molecular complexity index is 775. The molecule has 1 amide bonds. The molecule has 2 heterocycles. The first-order valence-corrected chi connectivity index (χ1v) is 7.56. The molecule has 2 aromatic heterocycles. The minimum Gasteiger partial charge on any atom is -0.469 e. The van der Waals surface area contributed by atoms with E-state index in [0.29, 0.717) is 23.5 Å². The monoisotopic (exact) mass is 300 g/mol. The average molecular weight is 300 g/mol. The number of fused-ring (bicyclic) bond motifs is 1. The predicted molar refractivity (Wildman–Crippen MR) is 85.7 cm³/mol. The Balaban J connectivity index is 1.75.